The lowest BCUT2D eigenvalue weighted by Gasteiger charge is -2.40. The summed E-state index contributed by atoms with van der Waals surface area (Å²) in [6.45, 7) is 20.2. The third-order valence-corrected chi connectivity index (χ3v) is 8.84. The van der Waals surface area contributed by atoms with Gasteiger partial charge >= 0.3 is 0 Å². The van der Waals surface area contributed by atoms with Gasteiger partial charge in [0.1, 0.15) is 0 Å². The summed E-state index contributed by atoms with van der Waals surface area (Å²) in [7, 11) is 0. The zero-order valence-electron chi connectivity index (χ0n) is 28.6. The summed E-state index contributed by atoms with van der Waals surface area (Å²) in [4.78, 5) is 0. The van der Waals surface area contributed by atoms with E-state index in [1.807, 2.05) is 65.8 Å². The third-order valence-electron chi connectivity index (χ3n) is 8.84. The maximum atomic E-state index is 10.4. The third kappa shape index (κ3) is 10.3. The highest BCUT2D eigenvalue weighted by Crippen LogP contribution is 2.42. The van der Waals surface area contributed by atoms with Crippen LogP contribution in [0, 0.1) is 10.8 Å². The minimum atomic E-state index is -0.768. The predicted molar refractivity (Wildman–Crippen MR) is 187 cm³/mol. The van der Waals surface area contributed by atoms with E-state index in [1.165, 1.54) is 0 Å². The highest BCUT2D eigenvalue weighted by atomic mass is 16.3. The van der Waals surface area contributed by atoms with Crippen LogP contribution in [-0.4, -0.2) is 44.8 Å². The number of aliphatic hydroxyl groups is 4. The molecule has 44 heavy (non-hydrogen) atoms. The lowest BCUT2D eigenvalue weighted by Crippen LogP contribution is -2.44. The highest BCUT2D eigenvalue weighted by Gasteiger charge is 2.41. The van der Waals surface area contributed by atoms with Gasteiger partial charge in [0, 0.05) is 10.8 Å². The Morgan fingerprint density at radius 2 is 0.818 bits per heavy atom. The summed E-state index contributed by atoms with van der Waals surface area (Å²) < 4.78 is 0. The average molecular weight is 601 g/mol. The SMILES string of the molecule is CC(C=CC1=C(C)CC(O)C(O)C1(C)C)=CC=CC(C)=C/C=C/C=C(C)/C=C/C=C(C)/C=C/C1=C(C)CC(O)C(O)C1(C)C. The predicted octanol–water partition coefficient (Wildman–Crippen LogP) is 8.49. The maximum absolute atomic E-state index is 10.4. The van der Waals surface area contributed by atoms with E-state index in [9.17, 15) is 20.4 Å². The fourth-order valence-electron chi connectivity index (χ4n) is 5.93. The van der Waals surface area contributed by atoms with Crippen LogP contribution < -0.4 is 0 Å². The molecule has 0 bridgehead atoms. The number of rotatable bonds is 10. The molecule has 0 spiro atoms. The van der Waals surface area contributed by atoms with Crippen LogP contribution in [0.3, 0.4) is 0 Å². The Hall–Kier alpha value is -3.02. The molecule has 0 heterocycles. The van der Waals surface area contributed by atoms with Gasteiger partial charge in [0.2, 0.25) is 0 Å². The van der Waals surface area contributed by atoms with Gasteiger partial charge < -0.3 is 20.4 Å². The van der Waals surface area contributed by atoms with E-state index in [-0.39, 0.29) is 0 Å². The Bertz CT molecular complexity index is 1260. The first-order chi connectivity index (χ1) is 20.5. The molecule has 0 aromatic carbocycles. The molecule has 2 aliphatic carbocycles. The Morgan fingerprint density at radius 3 is 1.16 bits per heavy atom. The van der Waals surface area contributed by atoms with E-state index in [0.717, 1.165) is 44.6 Å². The second-order valence-corrected chi connectivity index (χ2v) is 13.7. The van der Waals surface area contributed by atoms with E-state index in [1.54, 1.807) is 0 Å². The van der Waals surface area contributed by atoms with Gasteiger partial charge in [-0.15, -0.1) is 0 Å². The molecule has 0 aromatic heterocycles. The van der Waals surface area contributed by atoms with Crippen molar-refractivity contribution in [3.8, 4) is 0 Å². The minimum absolute atomic E-state index is 0.489. The first-order valence-electron chi connectivity index (χ1n) is 15.7. The van der Waals surface area contributed by atoms with E-state index < -0.39 is 35.2 Å². The molecular formula is C40H56O4. The molecule has 4 nitrogen and oxygen atoms in total. The molecule has 0 radical (unpaired) electrons. The van der Waals surface area contributed by atoms with Crippen molar-refractivity contribution in [1.29, 1.82) is 0 Å². The fraction of sp³-hybridized carbons (Fsp3) is 0.450. The minimum Gasteiger partial charge on any atom is -0.390 e. The molecular weight excluding hydrogens is 544 g/mol. The molecule has 0 fully saturated rings. The Morgan fingerprint density at radius 1 is 0.523 bits per heavy atom. The number of hydrogen-bond acceptors (Lipinski definition) is 4. The van der Waals surface area contributed by atoms with Crippen molar-refractivity contribution in [3.05, 3.63) is 130 Å². The van der Waals surface area contributed by atoms with Gasteiger partial charge in [-0.25, -0.2) is 0 Å². The second-order valence-electron chi connectivity index (χ2n) is 13.7. The number of allylic oxidation sites excluding steroid dienone is 18. The van der Waals surface area contributed by atoms with Crippen LogP contribution in [-0.2, 0) is 0 Å². The zero-order chi connectivity index (χ0) is 33.2. The fourth-order valence-corrected chi connectivity index (χ4v) is 5.93. The van der Waals surface area contributed by atoms with Crippen LogP contribution in [0.15, 0.2) is 130 Å². The van der Waals surface area contributed by atoms with Gasteiger partial charge in [-0.1, -0.05) is 146 Å². The molecule has 4 N–H and O–H groups in total. The van der Waals surface area contributed by atoms with Gasteiger partial charge in [-0.3, -0.25) is 0 Å². The molecule has 2 aliphatic rings. The van der Waals surface area contributed by atoms with E-state index in [0.29, 0.717) is 12.8 Å². The van der Waals surface area contributed by atoms with Crippen LogP contribution in [0.2, 0.25) is 0 Å². The van der Waals surface area contributed by atoms with Gasteiger partial charge in [0.25, 0.3) is 0 Å². The highest BCUT2D eigenvalue weighted by molar-refractivity contribution is 5.40. The smallest absolute Gasteiger partial charge is 0.0893 e. The molecule has 0 saturated carbocycles. The lowest BCUT2D eigenvalue weighted by atomic mass is 9.69. The van der Waals surface area contributed by atoms with Crippen LogP contribution >= 0.6 is 0 Å². The number of hydrogen-bond donors (Lipinski definition) is 4. The summed E-state index contributed by atoms with van der Waals surface area (Å²) in [5, 5.41) is 41.1. The summed E-state index contributed by atoms with van der Waals surface area (Å²) in [5.41, 5.74) is 7.93. The first-order valence-corrected chi connectivity index (χ1v) is 15.7. The van der Waals surface area contributed by atoms with Crippen molar-refractivity contribution in [2.24, 2.45) is 10.8 Å². The van der Waals surface area contributed by atoms with Crippen LogP contribution in [0.25, 0.3) is 0 Å². The molecule has 2 rings (SSSR count). The zero-order valence-corrected chi connectivity index (χ0v) is 28.6. The topological polar surface area (TPSA) is 80.9 Å². The molecule has 4 atom stereocenters. The molecule has 0 saturated heterocycles. The molecule has 0 aromatic rings. The Kier molecular flexibility index (Phi) is 13.8. The average Bonchev–Trinajstić information content (AvgIpc) is 2.92. The normalized spacial score (nSPS) is 27.9. The van der Waals surface area contributed by atoms with Crippen molar-refractivity contribution in [1.82, 2.24) is 0 Å². The van der Waals surface area contributed by atoms with Crippen molar-refractivity contribution in [2.45, 2.75) is 106 Å². The van der Waals surface area contributed by atoms with Gasteiger partial charge in [-0.2, -0.15) is 0 Å². The molecule has 0 aliphatic heterocycles. The van der Waals surface area contributed by atoms with Crippen molar-refractivity contribution in [2.75, 3.05) is 0 Å². The Balaban J connectivity index is 1.94. The molecule has 4 heteroatoms. The van der Waals surface area contributed by atoms with Gasteiger partial charge in [-0.05, 0) is 65.5 Å². The molecule has 4 unspecified atom stereocenters. The Labute approximate surface area is 267 Å². The van der Waals surface area contributed by atoms with Crippen molar-refractivity contribution < 1.29 is 20.4 Å². The van der Waals surface area contributed by atoms with Gasteiger partial charge in [0.05, 0.1) is 24.4 Å². The van der Waals surface area contributed by atoms with E-state index in [2.05, 4.69) is 88.5 Å². The van der Waals surface area contributed by atoms with E-state index in [4.69, 9.17) is 0 Å². The molecule has 0 amide bonds. The first kappa shape index (κ1) is 37.2. The maximum Gasteiger partial charge on any atom is 0.0893 e. The van der Waals surface area contributed by atoms with E-state index >= 15 is 0 Å². The molecule has 240 valence electrons. The summed E-state index contributed by atoms with van der Waals surface area (Å²) >= 11 is 0. The van der Waals surface area contributed by atoms with Crippen LogP contribution in [0.1, 0.15) is 82.1 Å². The monoisotopic (exact) mass is 600 g/mol. The van der Waals surface area contributed by atoms with Crippen LogP contribution in [0.5, 0.6) is 0 Å². The summed E-state index contributed by atoms with van der Waals surface area (Å²) in [6.07, 6.45) is 26.9. The standard InChI is InChI=1S/C40H56O4/c1-27(17-13-19-29(3)21-23-33-31(5)25-35(41)37(43)39(33,7)8)15-11-12-16-28(2)18-14-20-30(4)22-24-34-32(6)26-36(42)38(44)40(34,9)10/h11-24,35-38,41-44H,25-26H2,1-10H3/b12-11+,17-13+,18-14?,23-21+,24-22?,27-15+,28-16?,29-19+,30-20?. The van der Waals surface area contributed by atoms with Crippen molar-refractivity contribution >= 4 is 0 Å². The summed E-state index contributed by atoms with van der Waals surface area (Å²) in [5.74, 6) is 0. The van der Waals surface area contributed by atoms with Gasteiger partial charge in [0.15, 0.2) is 0 Å². The quantitative estimate of drug-likeness (QED) is 0.190. The largest absolute Gasteiger partial charge is 0.390 e. The summed E-state index contributed by atoms with van der Waals surface area (Å²) in [6, 6.07) is 0. The lowest BCUT2D eigenvalue weighted by molar-refractivity contribution is -0.0439. The number of aliphatic hydroxyl groups excluding tert-OH is 4. The van der Waals surface area contributed by atoms with Crippen molar-refractivity contribution in [3.63, 3.8) is 0 Å². The van der Waals surface area contributed by atoms with Crippen LogP contribution in [0.4, 0.5) is 0 Å². The second kappa shape index (κ2) is 16.3.